The maximum atomic E-state index is 13.5. The Balaban J connectivity index is 1.61. The molecule has 0 radical (unpaired) electrons. The zero-order valence-electron chi connectivity index (χ0n) is 22.5. The number of benzene rings is 3. The van der Waals surface area contributed by atoms with E-state index < -0.39 is 17.7 Å². The fourth-order valence-corrected chi connectivity index (χ4v) is 5.54. The highest BCUT2D eigenvalue weighted by atomic mass is 32.1. The molecule has 3 aromatic carbocycles. The number of Topliss-reactive ketones (excluding diaryl/α,β-unsaturated/α-hetero) is 1. The van der Waals surface area contributed by atoms with Crippen LogP contribution in [0.5, 0.6) is 17.2 Å². The number of methoxy groups -OCH3 is 1. The summed E-state index contributed by atoms with van der Waals surface area (Å²) in [6.07, 6.45) is 1.73. The van der Waals surface area contributed by atoms with E-state index in [0.29, 0.717) is 52.2 Å². The van der Waals surface area contributed by atoms with Crippen molar-refractivity contribution in [1.29, 1.82) is 0 Å². The summed E-state index contributed by atoms with van der Waals surface area (Å²) in [6.45, 7) is 5.19. The molecule has 1 atom stereocenters. The van der Waals surface area contributed by atoms with Gasteiger partial charge in [-0.1, -0.05) is 37.3 Å². The average Bonchev–Trinajstić information content (AvgIpc) is 3.52. The first-order valence-corrected chi connectivity index (χ1v) is 14.0. The highest BCUT2D eigenvalue weighted by molar-refractivity contribution is 7.22. The van der Waals surface area contributed by atoms with Gasteiger partial charge in [-0.15, -0.1) is 0 Å². The molecule has 4 aromatic rings. The van der Waals surface area contributed by atoms with Crippen LogP contribution in [-0.4, -0.2) is 42.1 Å². The first-order chi connectivity index (χ1) is 19.4. The summed E-state index contributed by atoms with van der Waals surface area (Å²) >= 11 is 1.28. The van der Waals surface area contributed by atoms with Crippen molar-refractivity contribution in [3.63, 3.8) is 0 Å². The Labute approximate surface area is 236 Å². The van der Waals surface area contributed by atoms with Crippen LogP contribution in [0.15, 0.2) is 72.3 Å². The minimum absolute atomic E-state index is 0.00807. The maximum absolute atomic E-state index is 13.5. The average molecular weight is 559 g/mol. The lowest BCUT2D eigenvalue weighted by molar-refractivity contribution is -0.132. The largest absolute Gasteiger partial charge is 0.507 e. The minimum Gasteiger partial charge on any atom is -0.507 e. The third kappa shape index (κ3) is 5.24. The molecule has 2 heterocycles. The van der Waals surface area contributed by atoms with E-state index in [4.69, 9.17) is 14.2 Å². The molecular formula is C31H30N2O6S. The van der Waals surface area contributed by atoms with Gasteiger partial charge in [0.2, 0.25) is 0 Å². The zero-order chi connectivity index (χ0) is 28.2. The minimum atomic E-state index is -0.890. The van der Waals surface area contributed by atoms with Crippen molar-refractivity contribution >= 4 is 44.1 Å². The summed E-state index contributed by atoms with van der Waals surface area (Å²) in [5, 5.41) is 11.8. The normalized spacial score (nSPS) is 16.5. The third-order valence-corrected chi connectivity index (χ3v) is 7.52. The van der Waals surface area contributed by atoms with Gasteiger partial charge in [0.25, 0.3) is 5.78 Å². The molecule has 9 heteroatoms. The molecule has 1 aliphatic rings. The number of hydrogen-bond donors (Lipinski definition) is 1. The number of nitrogens with zero attached hydrogens (tertiary/aromatic N) is 2. The summed E-state index contributed by atoms with van der Waals surface area (Å²) in [5.74, 6) is 0.196. The van der Waals surface area contributed by atoms with Crippen molar-refractivity contribution in [1.82, 2.24) is 4.98 Å². The smallest absolute Gasteiger partial charge is 0.301 e. The zero-order valence-corrected chi connectivity index (χ0v) is 23.4. The quantitative estimate of drug-likeness (QED) is 0.135. The highest BCUT2D eigenvalue weighted by Crippen LogP contribution is 2.45. The number of hydrogen-bond acceptors (Lipinski definition) is 8. The van der Waals surface area contributed by atoms with E-state index in [2.05, 4.69) is 4.98 Å². The number of fused-ring (bicyclic) bond motifs is 1. The van der Waals surface area contributed by atoms with Gasteiger partial charge in [-0.3, -0.25) is 14.5 Å². The first-order valence-electron chi connectivity index (χ1n) is 13.2. The predicted molar refractivity (Wildman–Crippen MR) is 155 cm³/mol. The van der Waals surface area contributed by atoms with E-state index in [1.165, 1.54) is 16.2 Å². The Kier molecular flexibility index (Phi) is 8.02. The Hall–Kier alpha value is -4.37. The Morgan fingerprint density at radius 2 is 1.50 bits per heavy atom. The fraction of sp³-hybridized carbons (Fsp3) is 0.258. The van der Waals surface area contributed by atoms with Crippen LogP contribution in [0.25, 0.3) is 16.0 Å². The summed E-state index contributed by atoms with van der Waals surface area (Å²) in [6, 6.07) is 18.6. The van der Waals surface area contributed by atoms with Crippen LogP contribution in [0.1, 0.15) is 43.9 Å². The molecule has 8 nitrogen and oxygen atoms in total. The molecule has 1 amide bonds. The standard InChI is InChI=1S/C31H30N2O6S/c1-4-16-38-21-10-6-19(7-11-21)27-26(28(34)20-8-12-22(13-9-20)39-17-5-2)29(35)30(36)33(27)31-32-24-15-14-23(37-3)18-25(24)40-31/h6-15,18,27,34H,4-5,16-17H2,1-3H3/b28-26+. The first kappa shape index (κ1) is 27.2. The molecule has 1 aromatic heterocycles. The van der Waals surface area contributed by atoms with E-state index in [-0.39, 0.29) is 11.3 Å². The lowest BCUT2D eigenvalue weighted by Gasteiger charge is -2.23. The molecule has 1 N–H and O–H groups in total. The van der Waals surface area contributed by atoms with Gasteiger partial charge in [0.05, 0.1) is 42.2 Å². The van der Waals surface area contributed by atoms with Gasteiger partial charge >= 0.3 is 5.91 Å². The van der Waals surface area contributed by atoms with E-state index in [9.17, 15) is 14.7 Å². The van der Waals surface area contributed by atoms with Gasteiger partial charge < -0.3 is 19.3 Å². The van der Waals surface area contributed by atoms with Crippen molar-refractivity contribution in [3.8, 4) is 17.2 Å². The molecule has 206 valence electrons. The van der Waals surface area contributed by atoms with Gasteiger partial charge in [0.15, 0.2) is 5.13 Å². The van der Waals surface area contributed by atoms with Gasteiger partial charge in [0, 0.05) is 5.56 Å². The van der Waals surface area contributed by atoms with Crippen LogP contribution in [0.3, 0.4) is 0 Å². The fourth-order valence-electron chi connectivity index (χ4n) is 4.52. The van der Waals surface area contributed by atoms with Crippen molar-refractivity contribution < 1.29 is 28.9 Å². The van der Waals surface area contributed by atoms with Crippen molar-refractivity contribution in [2.45, 2.75) is 32.7 Å². The van der Waals surface area contributed by atoms with Crippen LogP contribution < -0.4 is 19.1 Å². The molecule has 0 saturated carbocycles. The van der Waals surface area contributed by atoms with Crippen LogP contribution in [0, 0.1) is 0 Å². The third-order valence-electron chi connectivity index (χ3n) is 6.50. The number of aromatic nitrogens is 1. The topological polar surface area (TPSA) is 98.2 Å². The molecule has 1 saturated heterocycles. The van der Waals surface area contributed by atoms with E-state index in [0.717, 1.165) is 17.5 Å². The number of rotatable bonds is 10. The molecule has 1 aliphatic heterocycles. The molecule has 0 bridgehead atoms. The van der Waals surface area contributed by atoms with Crippen LogP contribution >= 0.6 is 11.3 Å². The Morgan fingerprint density at radius 1 is 0.900 bits per heavy atom. The SMILES string of the molecule is CCCOc1ccc(/C(O)=C2\C(=O)C(=O)N(c3nc4ccc(OC)cc4s3)C2c2ccc(OCCC)cc2)cc1. The second-order valence-electron chi connectivity index (χ2n) is 9.29. The lowest BCUT2D eigenvalue weighted by atomic mass is 9.95. The van der Waals surface area contributed by atoms with Gasteiger partial charge in [-0.25, -0.2) is 4.98 Å². The monoisotopic (exact) mass is 558 g/mol. The van der Waals surface area contributed by atoms with Crippen molar-refractivity contribution in [2.24, 2.45) is 0 Å². The maximum Gasteiger partial charge on any atom is 0.301 e. The lowest BCUT2D eigenvalue weighted by Crippen LogP contribution is -2.29. The number of carbonyl (C=O) groups is 2. The number of thiazole rings is 1. The number of ketones is 1. The van der Waals surface area contributed by atoms with Gasteiger partial charge in [-0.05, 0) is 73.0 Å². The predicted octanol–water partition coefficient (Wildman–Crippen LogP) is 6.51. The molecule has 40 heavy (non-hydrogen) atoms. The number of aliphatic hydroxyl groups is 1. The van der Waals surface area contributed by atoms with Crippen molar-refractivity contribution in [3.05, 3.63) is 83.4 Å². The summed E-state index contributed by atoms with van der Waals surface area (Å²) in [7, 11) is 1.58. The van der Waals surface area contributed by atoms with E-state index in [1.807, 2.05) is 26.0 Å². The second kappa shape index (κ2) is 11.8. The number of anilines is 1. The Bertz CT molecular complexity index is 1560. The molecule has 0 spiro atoms. The Morgan fingerprint density at radius 3 is 2.10 bits per heavy atom. The molecule has 1 fully saturated rings. The second-order valence-corrected chi connectivity index (χ2v) is 10.3. The van der Waals surface area contributed by atoms with Gasteiger partial charge in [0.1, 0.15) is 23.0 Å². The van der Waals surface area contributed by atoms with E-state index >= 15 is 0 Å². The molecule has 1 unspecified atom stereocenters. The molecule has 0 aliphatic carbocycles. The number of amides is 1. The number of carbonyl (C=O) groups excluding carboxylic acids is 2. The highest BCUT2D eigenvalue weighted by Gasteiger charge is 2.48. The number of aliphatic hydroxyl groups excluding tert-OH is 1. The summed E-state index contributed by atoms with van der Waals surface area (Å²) < 4.78 is 17.5. The van der Waals surface area contributed by atoms with Crippen LogP contribution in [0.2, 0.25) is 0 Å². The van der Waals surface area contributed by atoms with Crippen LogP contribution in [0.4, 0.5) is 5.13 Å². The van der Waals surface area contributed by atoms with E-state index in [1.54, 1.807) is 61.7 Å². The van der Waals surface area contributed by atoms with Crippen molar-refractivity contribution in [2.75, 3.05) is 25.2 Å². The van der Waals surface area contributed by atoms with Gasteiger partial charge in [-0.2, -0.15) is 0 Å². The van der Waals surface area contributed by atoms with Crippen LogP contribution in [-0.2, 0) is 9.59 Å². The molecule has 5 rings (SSSR count). The summed E-state index contributed by atoms with van der Waals surface area (Å²) in [5.41, 5.74) is 1.71. The number of ether oxygens (including phenoxy) is 3. The molecular weight excluding hydrogens is 528 g/mol. The summed E-state index contributed by atoms with van der Waals surface area (Å²) in [4.78, 5) is 33.1.